The number of rotatable bonds is 6. The van der Waals surface area contributed by atoms with Crippen LogP contribution in [0.25, 0.3) is 0 Å². The van der Waals surface area contributed by atoms with Crippen LogP contribution in [0.5, 0.6) is 0 Å². The van der Waals surface area contributed by atoms with E-state index < -0.39 is 11.9 Å². The van der Waals surface area contributed by atoms with E-state index in [2.05, 4.69) is 10.4 Å². The van der Waals surface area contributed by atoms with E-state index in [4.69, 9.17) is 11.6 Å². The number of carbonyl (C=O) groups excluding carboxylic acids is 1. The molecule has 26 heavy (non-hydrogen) atoms. The van der Waals surface area contributed by atoms with E-state index >= 15 is 0 Å². The minimum absolute atomic E-state index is 0.0488. The van der Waals surface area contributed by atoms with Gasteiger partial charge in [-0.25, -0.2) is 0 Å². The predicted octanol–water partition coefficient (Wildman–Crippen LogP) is 4.56. The van der Waals surface area contributed by atoms with Crippen LogP contribution in [-0.4, -0.2) is 22.2 Å². The molecule has 1 aromatic carbocycles. The average molecular weight is 386 g/mol. The molecule has 1 N–H and O–H groups in total. The Morgan fingerprint density at radius 1 is 1.35 bits per heavy atom. The van der Waals surface area contributed by atoms with Crippen molar-refractivity contribution in [2.24, 2.45) is 0 Å². The van der Waals surface area contributed by atoms with Gasteiger partial charge in [0, 0.05) is 24.6 Å². The van der Waals surface area contributed by atoms with E-state index in [0.717, 1.165) is 18.4 Å². The molecule has 4 nitrogen and oxygen atoms in total. The molecular weight excluding hydrogens is 367 g/mol. The second kappa shape index (κ2) is 7.31. The molecule has 0 radical (unpaired) electrons. The smallest absolute Gasteiger partial charge is 0.352 e. The molecule has 0 unspecified atom stereocenters. The standard InChI is InChI=1S/C18H19ClF3N3O/c1-11-5-2-3-6-13(11)17(26)23-9-4-10-25-15(12-7-8-12)14(19)16(24-25)18(20,21)22/h2-3,5-6,12H,4,7-10H2,1H3,(H,23,26). The van der Waals surface area contributed by atoms with Gasteiger partial charge in [-0.1, -0.05) is 29.8 Å². The first-order valence-electron chi connectivity index (χ1n) is 8.46. The van der Waals surface area contributed by atoms with Gasteiger partial charge in [-0.2, -0.15) is 18.3 Å². The SMILES string of the molecule is Cc1ccccc1C(=O)NCCCn1nc(C(F)(F)F)c(Cl)c1C1CC1. The van der Waals surface area contributed by atoms with Crippen LogP contribution in [0.15, 0.2) is 24.3 Å². The zero-order valence-corrected chi connectivity index (χ0v) is 15.0. The number of alkyl halides is 3. The first-order chi connectivity index (χ1) is 12.3. The summed E-state index contributed by atoms with van der Waals surface area (Å²) in [6.07, 6.45) is -2.45. The van der Waals surface area contributed by atoms with Gasteiger partial charge in [-0.05, 0) is 37.8 Å². The van der Waals surface area contributed by atoms with Gasteiger partial charge in [-0.3, -0.25) is 9.48 Å². The fraction of sp³-hybridized carbons (Fsp3) is 0.444. The van der Waals surface area contributed by atoms with Gasteiger partial charge in [0.1, 0.15) is 0 Å². The molecule has 0 saturated heterocycles. The fourth-order valence-corrected chi connectivity index (χ4v) is 3.30. The lowest BCUT2D eigenvalue weighted by molar-refractivity contribution is -0.141. The molecule has 1 fully saturated rings. The minimum Gasteiger partial charge on any atom is -0.352 e. The summed E-state index contributed by atoms with van der Waals surface area (Å²) in [7, 11) is 0. The van der Waals surface area contributed by atoms with Crippen LogP contribution in [0, 0.1) is 6.92 Å². The average Bonchev–Trinajstić information content (AvgIpc) is 3.34. The summed E-state index contributed by atoms with van der Waals surface area (Å²) in [5.41, 5.74) is 0.900. The van der Waals surface area contributed by atoms with Crippen LogP contribution in [0.2, 0.25) is 5.02 Å². The predicted molar refractivity (Wildman–Crippen MR) is 92.3 cm³/mol. The van der Waals surface area contributed by atoms with Crippen molar-refractivity contribution in [3.8, 4) is 0 Å². The summed E-state index contributed by atoms with van der Waals surface area (Å²) in [5.74, 6) is -0.146. The molecule has 0 spiro atoms. The first-order valence-corrected chi connectivity index (χ1v) is 8.84. The fourth-order valence-electron chi connectivity index (χ4n) is 2.91. The van der Waals surface area contributed by atoms with E-state index in [1.165, 1.54) is 4.68 Å². The highest BCUT2D eigenvalue weighted by atomic mass is 35.5. The number of nitrogens with zero attached hydrogens (tertiary/aromatic N) is 2. The van der Waals surface area contributed by atoms with Crippen LogP contribution in [0.1, 0.15) is 52.5 Å². The summed E-state index contributed by atoms with van der Waals surface area (Å²) < 4.78 is 40.4. The maximum Gasteiger partial charge on any atom is 0.436 e. The topological polar surface area (TPSA) is 46.9 Å². The van der Waals surface area contributed by atoms with Gasteiger partial charge >= 0.3 is 6.18 Å². The lowest BCUT2D eigenvalue weighted by Crippen LogP contribution is -2.26. The van der Waals surface area contributed by atoms with Crippen molar-refractivity contribution in [2.45, 2.75) is 44.8 Å². The Labute approximate surface area is 154 Å². The number of carbonyl (C=O) groups is 1. The molecule has 3 rings (SSSR count). The molecule has 0 bridgehead atoms. The summed E-state index contributed by atoms with van der Waals surface area (Å²) in [6.45, 7) is 2.47. The first kappa shape index (κ1) is 18.8. The van der Waals surface area contributed by atoms with Gasteiger partial charge in [-0.15, -0.1) is 0 Å². The van der Waals surface area contributed by atoms with Gasteiger partial charge in [0.05, 0.1) is 10.7 Å². The normalized spacial score (nSPS) is 14.5. The maximum atomic E-state index is 13.0. The van der Waals surface area contributed by atoms with Crippen LogP contribution in [0.3, 0.4) is 0 Å². The van der Waals surface area contributed by atoms with Crippen LogP contribution >= 0.6 is 11.6 Å². The monoisotopic (exact) mass is 385 g/mol. The zero-order chi connectivity index (χ0) is 18.9. The van der Waals surface area contributed by atoms with Crippen molar-refractivity contribution in [3.63, 3.8) is 0 Å². The Balaban J connectivity index is 1.62. The highest BCUT2D eigenvalue weighted by Crippen LogP contribution is 2.46. The molecule has 1 aliphatic carbocycles. The summed E-state index contributed by atoms with van der Waals surface area (Å²) in [5, 5.41) is 6.18. The van der Waals surface area contributed by atoms with Crippen molar-refractivity contribution < 1.29 is 18.0 Å². The van der Waals surface area contributed by atoms with Crippen LogP contribution < -0.4 is 5.32 Å². The number of aromatic nitrogens is 2. The lowest BCUT2D eigenvalue weighted by Gasteiger charge is -2.09. The largest absolute Gasteiger partial charge is 0.436 e. The number of aryl methyl sites for hydroxylation is 2. The lowest BCUT2D eigenvalue weighted by atomic mass is 10.1. The minimum atomic E-state index is -4.56. The number of benzene rings is 1. The Morgan fingerprint density at radius 2 is 2.04 bits per heavy atom. The third-order valence-electron chi connectivity index (χ3n) is 4.39. The highest BCUT2D eigenvalue weighted by molar-refractivity contribution is 6.32. The molecule has 1 aliphatic rings. The Morgan fingerprint density at radius 3 is 2.65 bits per heavy atom. The summed E-state index contributed by atoms with van der Waals surface area (Å²) >= 11 is 5.94. The Kier molecular flexibility index (Phi) is 5.27. The van der Waals surface area contributed by atoms with Crippen LogP contribution in [-0.2, 0) is 12.7 Å². The van der Waals surface area contributed by atoms with E-state index in [-0.39, 0.29) is 23.4 Å². The number of nitrogens with one attached hydrogen (secondary N) is 1. The number of hydrogen-bond acceptors (Lipinski definition) is 2. The van der Waals surface area contributed by atoms with Crippen molar-refractivity contribution >= 4 is 17.5 Å². The molecule has 1 aromatic heterocycles. The molecule has 1 saturated carbocycles. The molecular formula is C18H19ClF3N3O. The van der Waals surface area contributed by atoms with Gasteiger partial charge in [0.25, 0.3) is 5.91 Å². The second-order valence-corrected chi connectivity index (χ2v) is 6.85. The third-order valence-corrected chi connectivity index (χ3v) is 4.76. The van der Waals surface area contributed by atoms with Crippen molar-refractivity contribution in [1.29, 1.82) is 0 Å². The number of halogens is 4. The zero-order valence-electron chi connectivity index (χ0n) is 14.2. The van der Waals surface area contributed by atoms with Crippen molar-refractivity contribution in [2.75, 3.05) is 6.54 Å². The molecule has 0 atom stereocenters. The van der Waals surface area contributed by atoms with Crippen LogP contribution in [0.4, 0.5) is 13.2 Å². The molecule has 1 amide bonds. The van der Waals surface area contributed by atoms with Crippen molar-refractivity contribution in [1.82, 2.24) is 15.1 Å². The maximum absolute atomic E-state index is 13.0. The number of amides is 1. The van der Waals surface area contributed by atoms with E-state index in [1.807, 2.05) is 19.1 Å². The number of hydrogen-bond donors (Lipinski definition) is 1. The Bertz CT molecular complexity index is 812. The highest BCUT2D eigenvalue weighted by Gasteiger charge is 2.41. The summed E-state index contributed by atoms with van der Waals surface area (Å²) in [6, 6.07) is 7.22. The van der Waals surface area contributed by atoms with Crippen molar-refractivity contribution in [3.05, 3.63) is 51.8 Å². The van der Waals surface area contributed by atoms with Gasteiger partial charge < -0.3 is 5.32 Å². The van der Waals surface area contributed by atoms with Gasteiger partial charge in [0.2, 0.25) is 0 Å². The molecule has 2 aromatic rings. The van der Waals surface area contributed by atoms with Gasteiger partial charge in [0.15, 0.2) is 5.69 Å². The quantitative estimate of drug-likeness (QED) is 0.741. The third kappa shape index (κ3) is 4.03. The molecule has 140 valence electrons. The second-order valence-electron chi connectivity index (χ2n) is 6.47. The molecule has 0 aliphatic heterocycles. The Hall–Kier alpha value is -2.02. The molecule has 8 heteroatoms. The summed E-state index contributed by atoms with van der Waals surface area (Å²) in [4.78, 5) is 12.1. The molecule has 1 heterocycles. The van der Waals surface area contributed by atoms with E-state index in [0.29, 0.717) is 24.2 Å². The van der Waals surface area contributed by atoms with E-state index in [9.17, 15) is 18.0 Å². The van der Waals surface area contributed by atoms with E-state index in [1.54, 1.807) is 12.1 Å².